The van der Waals surface area contributed by atoms with Gasteiger partial charge < -0.3 is 4.74 Å². The van der Waals surface area contributed by atoms with E-state index in [1.807, 2.05) is 0 Å². The highest BCUT2D eigenvalue weighted by Crippen LogP contribution is 2.15. The fraction of sp³-hybridized carbons (Fsp3) is 0.455. The van der Waals surface area contributed by atoms with E-state index in [1.54, 1.807) is 0 Å². The number of aromatic nitrogens is 1. The van der Waals surface area contributed by atoms with E-state index in [9.17, 15) is 18.0 Å². The molecule has 0 aliphatic heterocycles. The fourth-order valence-corrected chi connectivity index (χ4v) is 1.47. The number of pyridine rings is 1. The minimum Gasteiger partial charge on any atom is -0.461 e. The van der Waals surface area contributed by atoms with Gasteiger partial charge in [-0.3, -0.25) is 4.90 Å². The average Bonchev–Trinajstić information content (AvgIpc) is 2.26. The zero-order valence-electron chi connectivity index (χ0n) is 10.1. The lowest BCUT2D eigenvalue weighted by molar-refractivity contribution is -0.143. The molecule has 0 radical (unpaired) electrons. The number of carbonyl (C=O) groups excluding carboxylic acids is 1. The van der Waals surface area contributed by atoms with Crippen LogP contribution in [0.1, 0.15) is 10.4 Å². The average molecular weight is 297 g/mol. The number of hydrogen-bond acceptors (Lipinski definition) is 4. The molecule has 4 nitrogen and oxygen atoms in total. The molecule has 1 rings (SSSR count). The molecule has 0 aliphatic carbocycles. The van der Waals surface area contributed by atoms with E-state index >= 15 is 0 Å². The van der Waals surface area contributed by atoms with Gasteiger partial charge in [0.2, 0.25) is 0 Å². The van der Waals surface area contributed by atoms with Gasteiger partial charge in [-0.25, -0.2) is 9.78 Å². The predicted octanol–water partition coefficient (Wildman–Crippen LogP) is 2.39. The van der Waals surface area contributed by atoms with Crippen LogP contribution in [0.2, 0.25) is 5.15 Å². The monoisotopic (exact) mass is 296 g/mol. The molecule has 1 aromatic heterocycles. The van der Waals surface area contributed by atoms with Crippen molar-refractivity contribution in [3.8, 4) is 0 Å². The highest BCUT2D eigenvalue weighted by Gasteiger charge is 2.28. The molecule has 8 heteroatoms. The summed E-state index contributed by atoms with van der Waals surface area (Å²) < 4.78 is 40.9. The zero-order chi connectivity index (χ0) is 14.5. The molecule has 0 atom stereocenters. The Kier molecular flexibility index (Phi) is 5.56. The van der Waals surface area contributed by atoms with Crippen molar-refractivity contribution < 1.29 is 22.7 Å². The van der Waals surface area contributed by atoms with Crippen LogP contribution in [0.4, 0.5) is 13.2 Å². The summed E-state index contributed by atoms with van der Waals surface area (Å²) in [4.78, 5) is 16.2. The maximum absolute atomic E-state index is 12.0. The second-order valence-electron chi connectivity index (χ2n) is 3.86. The van der Waals surface area contributed by atoms with Crippen molar-refractivity contribution >= 4 is 17.6 Å². The Morgan fingerprint density at radius 1 is 1.53 bits per heavy atom. The van der Waals surface area contributed by atoms with Crippen molar-refractivity contribution in [3.63, 3.8) is 0 Å². The number of carbonyl (C=O) groups is 1. The van der Waals surface area contributed by atoms with E-state index in [-0.39, 0.29) is 23.9 Å². The van der Waals surface area contributed by atoms with Gasteiger partial charge in [0.1, 0.15) is 11.8 Å². The van der Waals surface area contributed by atoms with Gasteiger partial charge in [0.25, 0.3) is 0 Å². The Hall–Kier alpha value is -1.34. The third-order valence-electron chi connectivity index (χ3n) is 2.12. The summed E-state index contributed by atoms with van der Waals surface area (Å²) in [6, 6.07) is 2.73. The first-order valence-corrected chi connectivity index (χ1v) is 5.70. The van der Waals surface area contributed by atoms with Gasteiger partial charge in [0.05, 0.1) is 12.1 Å². The Morgan fingerprint density at radius 2 is 2.21 bits per heavy atom. The number of halogens is 4. The SMILES string of the molecule is CN(CCOC(=O)c1ccnc(Cl)c1)CC(F)(F)F. The first-order chi connectivity index (χ1) is 8.78. The summed E-state index contributed by atoms with van der Waals surface area (Å²) in [5.41, 5.74) is 0.207. The standard InChI is InChI=1S/C11H12ClF3N2O2/c1-17(7-11(13,14)15)4-5-19-10(18)8-2-3-16-9(12)6-8/h2-3,6H,4-5,7H2,1H3. The molecule has 0 N–H and O–H groups in total. The molecule has 1 aromatic rings. The number of rotatable bonds is 5. The Morgan fingerprint density at radius 3 is 2.79 bits per heavy atom. The minimum atomic E-state index is -4.27. The highest BCUT2D eigenvalue weighted by atomic mass is 35.5. The van der Waals surface area contributed by atoms with Gasteiger partial charge in [-0.05, 0) is 19.2 Å². The molecule has 1 heterocycles. The second-order valence-corrected chi connectivity index (χ2v) is 4.24. The van der Waals surface area contributed by atoms with Crippen LogP contribution in [0.25, 0.3) is 0 Å². The number of alkyl halides is 3. The third-order valence-corrected chi connectivity index (χ3v) is 2.32. The number of esters is 1. The normalized spacial score (nSPS) is 11.7. The maximum Gasteiger partial charge on any atom is 0.401 e. The van der Waals surface area contributed by atoms with Crippen LogP contribution < -0.4 is 0 Å². The number of hydrogen-bond donors (Lipinski definition) is 0. The van der Waals surface area contributed by atoms with E-state index < -0.39 is 18.7 Å². The summed E-state index contributed by atoms with van der Waals surface area (Å²) in [5.74, 6) is -0.648. The van der Waals surface area contributed by atoms with E-state index in [1.165, 1.54) is 25.4 Å². The molecule has 0 saturated heterocycles. The Balaban J connectivity index is 2.35. The summed E-state index contributed by atoms with van der Waals surface area (Å²) in [6.07, 6.45) is -2.92. The predicted molar refractivity (Wildman–Crippen MR) is 63.1 cm³/mol. The van der Waals surface area contributed by atoms with Crippen molar-refractivity contribution in [2.45, 2.75) is 6.18 Å². The van der Waals surface area contributed by atoms with Gasteiger partial charge >= 0.3 is 12.1 Å². The van der Waals surface area contributed by atoms with Gasteiger partial charge in [-0.1, -0.05) is 11.6 Å². The molecular formula is C11H12ClF3N2O2. The van der Waals surface area contributed by atoms with Crippen LogP contribution in [-0.4, -0.2) is 48.8 Å². The number of likely N-dealkylation sites (N-methyl/N-ethyl adjacent to an activating group) is 1. The summed E-state index contributed by atoms with van der Waals surface area (Å²) >= 11 is 5.59. The van der Waals surface area contributed by atoms with Gasteiger partial charge in [0.15, 0.2) is 0 Å². The van der Waals surface area contributed by atoms with Crippen molar-refractivity contribution in [3.05, 3.63) is 29.0 Å². The van der Waals surface area contributed by atoms with Crippen molar-refractivity contribution in [1.82, 2.24) is 9.88 Å². The molecule has 0 amide bonds. The fourth-order valence-electron chi connectivity index (χ4n) is 1.29. The van der Waals surface area contributed by atoms with E-state index in [4.69, 9.17) is 16.3 Å². The van der Waals surface area contributed by atoms with Gasteiger partial charge in [-0.15, -0.1) is 0 Å². The van der Waals surface area contributed by atoms with E-state index in [2.05, 4.69) is 4.98 Å². The van der Waals surface area contributed by atoms with Crippen LogP contribution in [0.5, 0.6) is 0 Å². The molecule has 106 valence electrons. The number of ether oxygens (including phenoxy) is 1. The molecule has 19 heavy (non-hydrogen) atoms. The first-order valence-electron chi connectivity index (χ1n) is 5.32. The summed E-state index contributed by atoms with van der Waals surface area (Å²) in [7, 11) is 1.30. The smallest absolute Gasteiger partial charge is 0.401 e. The van der Waals surface area contributed by atoms with Crippen molar-refractivity contribution in [2.24, 2.45) is 0 Å². The summed E-state index contributed by atoms with van der Waals surface area (Å²) in [6.45, 7) is -1.19. The maximum atomic E-state index is 12.0. The minimum absolute atomic E-state index is 0.00986. The van der Waals surface area contributed by atoms with Crippen LogP contribution in [0, 0.1) is 0 Å². The quantitative estimate of drug-likeness (QED) is 0.618. The topological polar surface area (TPSA) is 42.4 Å². The molecule has 0 saturated carbocycles. The second kappa shape index (κ2) is 6.72. The molecule has 0 aliphatic rings. The molecule has 0 aromatic carbocycles. The van der Waals surface area contributed by atoms with Gasteiger partial charge in [0, 0.05) is 12.7 Å². The Bertz CT molecular complexity index is 440. The first kappa shape index (κ1) is 15.7. The Labute approximate surface area is 113 Å². The highest BCUT2D eigenvalue weighted by molar-refractivity contribution is 6.29. The van der Waals surface area contributed by atoms with Crippen molar-refractivity contribution in [1.29, 1.82) is 0 Å². The molecular weight excluding hydrogens is 285 g/mol. The van der Waals surface area contributed by atoms with Crippen LogP contribution >= 0.6 is 11.6 Å². The lowest BCUT2D eigenvalue weighted by atomic mass is 10.3. The van der Waals surface area contributed by atoms with E-state index in [0.29, 0.717) is 0 Å². The zero-order valence-corrected chi connectivity index (χ0v) is 10.8. The van der Waals surface area contributed by atoms with Crippen LogP contribution in [0.15, 0.2) is 18.3 Å². The molecule has 0 unspecified atom stereocenters. The van der Waals surface area contributed by atoms with Crippen molar-refractivity contribution in [2.75, 3.05) is 26.7 Å². The molecule has 0 fully saturated rings. The lowest BCUT2D eigenvalue weighted by Crippen LogP contribution is -2.33. The van der Waals surface area contributed by atoms with E-state index in [0.717, 1.165) is 4.90 Å². The summed E-state index contributed by atoms with van der Waals surface area (Å²) in [5, 5.41) is 0.142. The lowest BCUT2D eigenvalue weighted by Gasteiger charge is -2.18. The largest absolute Gasteiger partial charge is 0.461 e. The number of nitrogens with zero attached hydrogens (tertiary/aromatic N) is 2. The third kappa shape index (κ3) is 6.40. The van der Waals surface area contributed by atoms with Gasteiger partial charge in [-0.2, -0.15) is 13.2 Å². The molecule has 0 spiro atoms. The van der Waals surface area contributed by atoms with Crippen LogP contribution in [0.3, 0.4) is 0 Å². The molecule has 0 bridgehead atoms. The van der Waals surface area contributed by atoms with Crippen LogP contribution in [-0.2, 0) is 4.74 Å².